The van der Waals surface area contributed by atoms with E-state index in [9.17, 15) is 24.6 Å². The van der Waals surface area contributed by atoms with E-state index in [0.717, 1.165) is 18.7 Å². The Morgan fingerprint density at radius 3 is 2.67 bits per heavy atom. The summed E-state index contributed by atoms with van der Waals surface area (Å²) in [6.07, 6.45) is 0.990. The maximum absolute atomic E-state index is 13.9. The molecule has 0 aromatic carbocycles. The van der Waals surface area contributed by atoms with Crippen molar-refractivity contribution in [2.75, 3.05) is 39.3 Å². The predicted molar refractivity (Wildman–Crippen MR) is 135 cm³/mol. The largest absolute Gasteiger partial charge is 0.388 e. The van der Waals surface area contributed by atoms with Crippen molar-refractivity contribution < 1.29 is 34.1 Å². The third kappa shape index (κ3) is 5.55. The van der Waals surface area contributed by atoms with Crippen LogP contribution in [0.2, 0.25) is 0 Å². The maximum atomic E-state index is 13.9. The van der Waals surface area contributed by atoms with Gasteiger partial charge in [-0.2, -0.15) is 0 Å². The monoisotopic (exact) mass is 546 g/mol. The van der Waals surface area contributed by atoms with E-state index in [4.69, 9.17) is 9.47 Å². The van der Waals surface area contributed by atoms with E-state index in [1.807, 2.05) is 17.8 Å². The van der Waals surface area contributed by atoms with Gasteiger partial charge < -0.3 is 39.4 Å². The lowest BCUT2D eigenvalue weighted by Gasteiger charge is -2.38. The molecule has 1 saturated carbocycles. The van der Waals surface area contributed by atoms with Crippen molar-refractivity contribution in [3.8, 4) is 0 Å². The fourth-order valence-corrected chi connectivity index (χ4v) is 6.33. The molecule has 0 spiro atoms. The van der Waals surface area contributed by atoms with Gasteiger partial charge in [-0.25, -0.2) is 4.98 Å². The van der Waals surface area contributed by atoms with Crippen LogP contribution in [0.3, 0.4) is 0 Å². The van der Waals surface area contributed by atoms with Crippen LogP contribution in [0.1, 0.15) is 31.5 Å². The SMILES string of the molecule is Cn1ccnc1CN1C[C@@H]2C[C@H]1C(=O)N1CCO[C@H](CN(C(=O)C3CC3)C[C@H]3O[C@@H](CC(=O)N2)[C@H](O)[C@@H]3O)C1. The van der Waals surface area contributed by atoms with Crippen molar-refractivity contribution in [1.29, 1.82) is 0 Å². The summed E-state index contributed by atoms with van der Waals surface area (Å²) in [4.78, 5) is 50.0. The van der Waals surface area contributed by atoms with Crippen LogP contribution in [0, 0.1) is 5.92 Å². The normalized spacial score (nSPS) is 36.3. The lowest BCUT2D eigenvalue weighted by Crippen LogP contribution is -2.55. The zero-order valence-electron chi connectivity index (χ0n) is 22.2. The molecule has 3 amide bonds. The van der Waals surface area contributed by atoms with Crippen LogP contribution in [0.4, 0.5) is 0 Å². The summed E-state index contributed by atoms with van der Waals surface area (Å²) in [5.74, 6) is 0.399. The fraction of sp³-hybridized carbons (Fsp3) is 0.769. The van der Waals surface area contributed by atoms with Gasteiger partial charge >= 0.3 is 0 Å². The van der Waals surface area contributed by atoms with Crippen molar-refractivity contribution >= 4 is 17.7 Å². The second-order valence-electron chi connectivity index (χ2n) is 11.6. The van der Waals surface area contributed by atoms with Crippen LogP contribution < -0.4 is 5.32 Å². The molecule has 3 N–H and O–H groups in total. The van der Waals surface area contributed by atoms with Crippen molar-refractivity contribution in [1.82, 2.24) is 29.6 Å². The Morgan fingerprint density at radius 2 is 1.92 bits per heavy atom. The average Bonchev–Trinajstić information content (AvgIpc) is 3.51. The first kappa shape index (κ1) is 26.6. The molecule has 5 aliphatic rings. The number of aromatic nitrogens is 2. The molecule has 0 unspecified atom stereocenters. The molecular formula is C26H38N6O7. The molecule has 214 valence electrons. The third-order valence-corrected chi connectivity index (χ3v) is 8.68. The van der Waals surface area contributed by atoms with E-state index in [1.54, 1.807) is 16.0 Å². The highest BCUT2D eigenvalue weighted by molar-refractivity contribution is 5.83. The number of nitrogens with one attached hydrogen (secondary N) is 1. The zero-order valence-corrected chi connectivity index (χ0v) is 22.2. The molecule has 7 atom stereocenters. The molecule has 5 heterocycles. The summed E-state index contributed by atoms with van der Waals surface area (Å²) in [6.45, 7) is 2.44. The summed E-state index contributed by atoms with van der Waals surface area (Å²) >= 11 is 0. The number of fused-ring (bicyclic) bond motifs is 6. The van der Waals surface area contributed by atoms with Gasteiger partial charge in [-0.1, -0.05) is 0 Å². The number of hydrogen-bond acceptors (Lipinski definition) is 9. The molecule has 39 heavy (non-hydrogen) atoms. The topological polar surface area (TPSA) is 150 Å². The van der Waals surface area contributed by atoms with Crippen LogP contribution >= 0.6 is 0 Å². The molecule has 4 saturated heterocycles. The molecule has 1 aromatic heterocycles. The number of ether oxygens (including phenoxy) is 2. The van der Waals surface area contributed by atoms with E-state index < -0.39 is 30.5 Å². The highest BCUT2D eigenvalue weighted by Gasteiger charge is 2.47. The van der Waals surface area contributed by atoms with Crippen molar-refractivity contribution in [3.63, 3.8) is 0 Å². The van der Waals surface area contributed by atoms with Crippen molar-refractivity contribution in [2.45, 2.75) is 74.8 Å². The van der Waals surface area contributed by atoms with Crippen LogP contribution in [0.5, 0.6) is 0 Å². The molecule has 6 bridgehead atoms. The van der Waals surface area contributed by atoms with Gasteiger partial charge in [0.2, 0.25) is 17.7 Å². The number of hydrogen-bond donors (Lipinski definition) is 3. The Hall–Kier alpha value is -2.58. The van der Waals surface area contributed by atoms with E-state index in [0.29, 0.717) is 39.2 Å². The number of imidazole rings is 1. The van der Waals surface area contributed by atoms with Gasteiger partial charge in [-0.05, 0) is 19.3 Å². The smallest absolute Gasteiger partial charge is 0.240 e. The fourth-order valence-electron chi connectivity index (χ4n) is 6.33. The van der Waals surface area contributed by atoms with Crippen LogP contribution in [-0.4, -0.2) is 134 Å². The second kappa shape index (κ2) is 10.8. The van der Waals surface area contributed by atoms with Gasteiger partial charge in [0.05, 0.1) is 37.8 Å². The van der Waals surface area contributed by atoms with Crippen LogP contribution in [0.15, 0.2) is 12.4 Å². The lowest BCUT2D eigenvalue weighted by atomic mass is 10.0. The highest BCUT2D eigenvalue weighted by atomic mass is 16.5. The summed E-state index contributed by atoms with van der Waals surface area (Å²) in [7, 11) is 1.91. The Kier molecular flexibility index (Phi) is 7.35. The minimum atomic E-state index is -1.24. The van der Waals surface area contributed by atoms with Gasteiger partial charge in [-0.15, -0.1) is 0 Å². The summed E-state index contributed by atoms with van der Waals surface area (Å²) in [6, 6.07) is -0.704. The van der Waals surface area contributed by atoms with Gasteiger partial charge in [0.15, 0.2) is 0 Å². The number of nitrogens with zero attached hydrogens (tertiary/aromatic N) is 5. The molecule has 13 heteroatoms. The number of carbonyl (C=O) groups excluding carboxylic acids is 3. The van der Waals surface area contributed by atoms with E-state index in [-0.39, 0.29) is 55.3 Å². The first-order valence-electron chi connectivity index (χ1n) is 14.0. The summed E-state index contributed by atoms with van der Waals surface area (Å²) < 4.78 is 13.9. The standard InChI is InChI=1S/C26H38N6O7/c1-29-5-4-27-21(29)14-31-10-16-8-18(31)26(37)30-6-7-38-17(11-30)12-32(25(36)15-2-3-15)13-20-24(35)23(34)19(39-20)9-22(33)28-16/h4-5,15-20,23-24,34-35H,2-3,6-14H2,1H3,(H,28,33)/t16-,17-,18-,19-,20+,23-,24+/m0/s1. The van der Waals surface area contributed by atoms with Crippen LogP contribution in [-0.2, 0) is 37.4 Å². The number of aliphatic hydroxyl groups is 2. The molecule has 4 aliphatic heterocycles. The highest BCUT2D eigenvalue weighted by Crippen LogP contribution is 2.33. The summed E-state index contributed by atoms with van der Waals surface area (Å²) in [5.41, 5.74) is 0. The van der Waals surface area contributed by atoms with Gasteiger partial charge in [0, 0.05) is 64.1 Å². The zero-order chi connectivity index (χ0) is 27.3. The Morgan fingerprint density at radius 1 is 1.13 bits per heavy atom. The molecule has 1 aliphatic carbocycles. The minimum absolute atomic E-state index is 0.0179. The molecule has 1 aromatic rings. The number of likely N-dealkylation sites (tertiary alicyclic amines) is 1. The number of morpholine rings is 1. The van der Waals surface area contributed by atoms with E-state index in [1.165, 1.54) is 0 Å². The lowest BCUT2D eigenvalue weighted by molar-refractivity contribution is -0.147. The maximum Gasteiger partial charge on any atom is 0.240 e. The minimum Gasteiger partial charge on any atom is -0.388 e. The number of amides is 3. The number of aliphatic hydroxyl groups excluding tert-OH is 2. The van der Waals surface area contributed by atoms with Gasteiger partial charge in [0.1, 0.15) is 24.1 Å². The number of carbonyl (C=O) groups is 3. The van der Waals surface area contributed by atoms with Gasteiger partial charge in [-0.3, -0.25) is 19.3 Å². The van der Waals surface area contributed by atoms with E-state index >= 15 is 0 Å². The van der Waals surface area contributed by atoms with Crippen LogP contribution in [0.25, 0.3) is 0 Å². The Labute approximate surface area is 227 Å². The quantitative estimate of drug-likeness (QED) is 0.385. The van der Waals surface area contributed by atoms with Crippen molar-refractivity contribution in [3.05, 3.63) is 18.2 Å². The van der Waals surface area contributed by atoms with Crippen molar-refractivity contribution in [2.24, 2.45) is 13.0 Å². The van der Waals surface area contributed by atoms with Gasteiger partial charge in [0.25, 0.3) is 0 Å². The molecular weight excluding hydrogens is 508 g/mol. The predicted octanol–water partition coefficient (Wildman–Crippen LogP) is -2.16. The molecule has 6 rings (SSSR count). The summed E-state index contributed by atoms with van der Waals surface area (Å²) in [5, 5.41) is 24.4. The first-order chi connectivity index (χ1) is 18.8. The average molecular weight is 547 g/mol. The molecule has 13 nitrogen and oxygen atoms in total. The third-order valence-electron chi connectivity index (χ3n) is 8.68. The Balaban J connectivity index is 1.27. The van der Waals surface area contributed by atoms with E-state index in [2.05, 4.69) is 15.2 Å². The Bertz CT molecular complexity index is 1090. The molecule has 0 radical (unpaired) electrons. The number of rotatable bonds is 3. The molecule has 5 fully saturated rings. The second-order valence-corrected chi connectivity index (χ2v) is 11.6. The first-order valence-corrected chi connectivity index (χ1v) is 14.0. The number of aryl methyl sites for hydroxylation is 1.